The van der Waals surface area contributed by atoms with Gasteiger partial charge in [0.25, 0.3) is 0 Å². The number of aromatic nitrogens is 2. The first-order valence-electron chi connectivity index (χ1n) is 7.68. The molecule has 2 aliphatic rings. The number of thioether (sulfide) groups is 1. The van der Waals surface area contributed by atoms with E-state index in [1.165, 1.54) is 5.56 Å². The van der Waals surface area contributed by atoms with Crippen molar-refractivity contribution in [1.29, 1.82) is 0 Å². The lowest BCUT2D eigenvalue weighted by Crippen LogP contribution is -2.35. The van der Waals surface area contributed by atoms with Crippen LogP contribution in [0.5, 0.6) is 0 Å². The van der Waals surface area contributed by atoms with Crippen molar-refractivity contribution in [1.82, 2.24) is 14.9 Å². The van der Waals surface area contributed by atoms with Crippen molar-refractivity contribution in [2.45, 2.75) is 31.5 Å². The molecule has 0 aromatic carbocycles. The predicted molar refractivity (Wildman–Crippen MR) is 89.8 cm³/mol. The van der Waals surface area contributed by atoms with E-state index in [0.717, 1.165) is 23.0 Å². The number of amidine groups is 1. The third-order valence-corrected chi connectivity index (χ3v) is 5.48. The van der Waals surface area contributed by atoms with Crippen LogP contribution in [0.2, 0.25) is 0 Å². The van der Waals surface area contributed by atoms with Crippen molar-refractivity contribution in [2.75, 3.05) is 5.75 Å². The van der Waals surface area contributed by atoms with E-state index in [-0.39, 0.29) is 12.1 Å². The first kappa shape index (κ1) is 13.8. The second-order valence-electron chi connectivity index (χ2n) is 5.62. The number of hydrogen-bond donors (Lipinski definition) is 0. The molecule has 5 heteroatoms. The average Bonchev–Trinajstić information content (AvgIpc) is 3.15. The van der Waals surface area contributed by atoms with Crippen molar-refractivity contribution in [2.24, 2.45) is 4.99 Å². The molecule has 112 valence electrons. The average molecular weight is 310 g/mol. The van der Waals surface area contributed by atoms with E-state index < -0.39 is 0 Å². The van der Waals surface area contributed by atoms with Crippen molar-refractivity contribution < 1.29 is 0 Å². The molecule has 1 saturated heterocycles. The highest BCUT2D eigenvalue weighted by atomic mass is 32.2. The van der Waals surface area contributed by atoms with E-state index >= 15 is 0 Å². The number of hydrogen-bond acceptors (Lipinski definition) is 5. The first-order valence-corrected chi connectivity index (χ1v) is 8.67. The Morgan fingerprint density at radius 1 is 1.23 bits per heavy atom. The molecule has 4 heterocycles. The van der Waals surface area contributed by atoms with E-state index in [9.17, 15) is 0 Å². The lowest BCUT2D eigenvalue weighted by molar-refractivity contribution is 0.255. The minimum atomic E-state index is 0.0576. The monoisotopic (exact) mass is 310 g/mol. The molecule has 2 aromatic heterocycles. The zero-order valence-electron chi connectivity index (χ0n) is 12.5. The van der Waals surface area contributed by atoms with Gasteiger partial charge < -0.3 is 4.90 Å². The summed E-state index contributed by atoms with van der Waals surface area (Å²) >= 11 is 1.87. The summed E-state index contributed by atoms with van der Waals surface area (Å²) in [6, 6.07) is 11.0. The first-order chi connectivity index (χ1) is 10.9. The zero-order valence-corrected chi connectivity index (χ0v) is 13.3. The maximum atomic E-state index is 4.99. The third-order valence-electron chi connectivity index (χ3n) is 4.36. The predicted octanol–water partition coefficient (Wildman–Crippen LogP) is 3.46. The molecule has 4 nitrogen and oxygen atoms in total. The van der Waals surface area contributed by atoms with Crippen molar-refractivity contribution >= 4 is 16.9 Å². The molecule has 3 atom stereocenters. The Balaban J connectivity index is 1.79. The van der Waals surface area contributed by atoms with Crippen LogP contribution in [-0.2, 0) is 0 Å². The SMILES string of the molecule is CCC1CSC2=NC(c3ccccn3)C(c3cccnc3)N21. The Labute approximate surface area is 134 Å². The Bertz CT molecular complexity index is 674. The summed E-state index contributed by atoms with van der Waals surface area (Å²) in [6.45, 7) is 2.25. The molecule has 2 aliphatic heterocycles. The largest absolute Gasteiger partial charge is 0.338 e. The number of nitrogens with zero attached hydrogens (tertiary/aromatic N) is 4. The number of pyridine rings is 2. The Morgan fingerprint density at radius 3 is 2.91 bits per heavy atom. The molecule has 0 amide bonds. The molecular formula is C17H18N4S. The highest BCUT2D eigenvalue weighted by Crippen LogP contribution is 2.48. The van der Waals surface area contributed by atoms with Gasteiger partial charge in [-0.25, -0.2) is 0 Å². The van der Waals surface area contributed by atoms with Crippen LogP contribution in [0, 0.1) is 0 Å². The summed E-state index contributed by atoms with van der Waals surface area (Å²) in [4.78, 5) is 16.3. The highest BCUT2D eigenvalue weighted by molar-refractivity contribution is 8.14. The summed E-state index contributed by atoms with van der Waals surface area (Å²) in [5, 5.41) is 1.16. The quantitative estimate of drug-likeness (QED) is 0.870. The number of aliphatic imine (C=N–C) groups is 1. The van der Waals surface area contributed by atoms with Gasteiger partial charge in [-0.2, -0.15) is 0 Å². The zero-order chi connectivity index (χ0) is 14.9. The van der Waals surface area contributed by atoms with Crippen LogP contribution in [-0.4, -0.2) is 31.8 Å². The van der Waals surface area contributed by atoms with E-state index in [4.69, 9.17) is 4.99 Å². The van der Waals surface area contributed by atoms with Gasteiger partial charge in [0.15, 0.2) is 5.17 Å². The highest BCUT2D eigenvalue weighted by Gasteiger charge is 2.45. The molecule has 0 radical (unpaired) electrons. The number of fused-ring (bicyclic) bond motifs is 1. The van der Waals surface area contributed by atoms with Crippen molar-refractivity contribution in [3.8, 4) is 0 Å². The van der Waals surface area contributed by atoms with Gasteiger partial charge in [0.2, 0.25) is 0 Å². The van der Waals surface area contributed by atoms with E-state index in [1.54, 1.807) is 0 Å². The lowest BCUT2D eigenvalue weighted by atomic mass is 9.96. The van der Waals surface area contributed by atoms with Gasteiger partial charge in [-0.05, 0) is 30.2 Å². The fourth-order valence-corrected chi connectivity index (χ4v) is 4.60. The summed E-state index contributed by atoms with van der Waals surface area (Å²) in [5.41, 5.74) is 2.26. The second-order valence-corrected chi connectivity index (χ2v) is 6.61. The maximum absolute atomic E-state index is 4.99. The summed E-state index contributed by atoms with van der Waals surface area (Å²) in [5.74, 6) is 1.13. The molecule has 0 N–H and O–H groups in total. The van der Waals surface area contributed by atoms with Crippen molar-refractivity contribution in [3.05, 3.63) is 60.2 Å². The lowest BCUT2D eigenvalue weighted by Gasteiger charge is -2.31. The fraction of sp³-hybridized carbons (Fsp3) is 0.353. The van der Waals surface area contributed by atoms with Crippen LogP contribution >= 0.6 is 11.8 Å². The fourth-order valence-electron chi connectivity index (χ4n) is 3.26. The van der Waals surface area contributed by atoms with Crippen LogP contribution in [0.1, 0.15) is 36.7 Å². The standard InChI is InChI=1S/C17H18N4S/c1-2-13-11-22-17-20-15(14-7-3-4-9-19-14)16(21(13)17)12-6-5-8-18-10-12/h3-10,13,15-16H,2,11H2,1H3. The van der Waals surface area contributed by atoms with Gasteiger partial charge in [-0.3, -0.25) is 15.0 Å². The van der Waals surface area contributed by atoms with Gasteiger partial charge in [-0.15, -0.1) is 0 Å². The van der Waals surface area contributed by atoms with E-state index in [0.29, 0.717) is 6.04 Å². The molecule has 4 rings (SSSR count). The third kappa shape index (κ3) is 2.20. The van der Waals surface area contributed by atoms with Crippen LogP contribution in [0.4, 0.5) is 0 Å². The van der Waals surface area contributed by atoms with Gasteiger partial charge in [0, 0.05) is 30.4 Å². The van der Waals surface area contributed by atoms with Gasteiger partial charge in [-0.1, -0.05) is 30.8 Å². The van der Waals surface area contributed by atoms with Gasteiger partial charge >= 0.3 is 0 Å². The molecule has 0 spiro atoms. The van der Waals surface area contributed by atoms with Crippen LogP contribution in [0.25, 0.3) is 0 Å². The number of rotatable bonds is 3. The summed E-state index contributed by atoms with van der Waals surface area (Å²) in [7, 11) is 0. The molecular weight excluding hydrogens is 292 g/mol. The van der Waals surface area contributed by atoms with Gasteiger partial charge in [0.05, 0.1) is 11.7 Å². The molecule has 22 heavy (non-hydrogen) atoms. The minimum absolute atomic E-state index is 0.0576. The minimum Gasteiger partial charge on any atom is -0.338 e. The normalized spacial score (nSPS) is 26.9. The Morgan fingerprint density at radius 2 is 2.18 bits per heavy atom. The van der Waals surface area contributed by atoms with Gasteiger partial charge in [0.1, 0.15) is 6.04 Å². The van der Waals surface area contributed by atoms with Crippen molar-refractivity contribution in [3.63, 3.8) is 0 Å². The molecule has 0 saturated carbocycles. The molecule has 0 bridgehead atoms. The van der Waals surface area contributed by atoms with Crippen LogP contribution < -0.4 is 0 Å². The Kier molecular flexibility index (Phi) is 3.58. The molecule has 0 aliphatic carbocycles. The molecule has 2 aromatic rings. The topological polar surface area (TPSA) is 41.4 Å². The maximum Gasteiger partial charge on any atom is 0.160 e. The summed E-state index contributed by atoms with van der Waals surface area (Å²) in [6.07, 6.45) is 6.78. The van der Waals surface area contributed by atoms with Crippen LogP contribution in [0.3, 0.4) is 0 Å². The van der Waals surface area contributed by atoms with E-state index in [2.05, 4.69) is 33.9 Å². The van der Waals surface area contributed by atoms with E-state index in [1.807, 2.05) is 48.6 Å². The summed E-state index contributed by atoms with van der Waals surface area (Å²) < 4.78 is 0. The smallest absolute Gasteiger partial charge is 0.160 e. The second kappa shape index (κ2) is 5.72. The molecule has 3 unspecified atom stereocenters. The van der Waals surface area contributed by atoms with Crippen LogP contribution in [0.15, 0.2) is 53.9 Å². The Hall–Kier alpha value is -1.88. The molecule has 1 fully saturated rings.